The molecule has 0 bridgehead atoms. The van der Waals surface area contributed by atoms with E-state index < -0.39 is 5.91 Å². The molecule has 0 aliphatic heterocycles. The minimum Gasteiger partial charge on any atom is -0.461 e. The summed E-state index contributed by atoms with van der Waals surface area (Å²) in [5.74, 6) is 0.488. The number of benzene rings is 1. The zero-order chi connectivity index (χ0) is 17.9. The van der Waals surface area contributed by atoms with Gasteiger partial charge in [0.1, 0.15) is 0 Å². The monoisotopic (exact) mass is 368 g/mol. The second-order valence-electron chi connectivity index (χ2n) is 5.53. The van der Waals surface area contributed by atoms with Crippen molar-refractivity contribution < 1.29 is 13.7 Å². The topological polar surface area (TPSA) is 86.1 Å². The molecule has 3 heterocycles. The van der Waals surface area contributed by atoms with Crippen LogP contribution in [0.2, 0.25) is 5.02 Å². The Morgan fingerprint density at radius 1 is 1.19 bits per heavy atom. The Morgan fingerprint density at radius 2 is 2.08 bits per heavy atom. The number of carbonyl (C=O) groups is 1. The van der Waals surface area contributed by atoms with Crippen molar-refractivity contribution in [3.63, 3.8) is 0 Å². The van der Waals surface area contributed by atoms with Crippen molar-refractivity contribution in [1.29, 1.82) is 0 Å². The lowest BCUT2D eigenvalue weighted by molar-refractivity contribution is 0.101. The zero-order valence-corrected chi connectivity index (χ0v) is 14.2. The number of halogens is 1. The van der Waals surface area contributed by atoms with Gasteiger partial charge in [0.2, 0.25) is 5.76 Å². The summed E-state index contributed by atoms with van der Waals surface area (Å²) < 4.78 is 12.0. The number of furan rings is 1. The van der Waals surface area contributed by atoms with Crippen LogP contribution in [0.4, 0.5) is 5.69 Å². The van der Waals surface area contributed by atoms with Crippen molar-refractivity contribution in [2.24, 2.45) is 0 Å². The average Bonchev–Trinajstić information content (AvgIpc) is 3.38. The van der Waals surface area contributed by atoms with Crippen LogP contribution in [0.5, 0.6) is 0 Å². The Morgan fingerprint density at radius 3 is 2.88 bits per heavy atom. The highest BCUT2D eigenvalue weighted by Gasteiger charge is 2.16. The Balaban J connectivity index is 1.44. The average molecular weight is 369 g/mol. The van der Waals surface area contributed by atoms with Crippen LogP contribution in [0.1, 0.15) is 16.1 Å². The second kappa shape index (κ2) is 6.89. The fourth-order valence-electron chi connectivity index (χ4n) is 2.43. The van der Waals surface area contributed by atoms with Crippen LogP contribution in [0.3, 0.4) is 0 Å². The van der Waals surface area contributed by atoms with Gasteiger partial charge in [0, 0.05) is 17.3 Å². The molecule has 130 valence electrons. The highest BCUT2D eigenvalue weighted by molar-refractivity contribution is 6.31. The van der Waals surface area contributed by atoms with Gasteiger partial charge in [0.15, 0.2) is 11.5 Å². The fourth-order valence-corrected chi connectivity index (χ4v) is 2.62. The molecule has 8 heteroatoms. The third-order valence-electron chi connectivity index (χ3n) is 3.69. The quantitative estimate of drug-likeness (QED) is 0.573. The number of hydrogen-bond acceptors (Lipinski definition) is 5. The first-order valence-electron chi connectivity index (χ1n) is 7.77. The van der Waals surface area contributed by atoms with Gasteiger partial charge in [-0.05, 0) is 23.8 Å². The van der Waals surface area contributed by atoms with Crippen LogP contribution in [-0.2, 0) is 6.54 Å². The Kier molecular flexibility index (Phi) is 4.28. The molecule has 0 spiro atoms. The van der Waals surface area contributed by atoms with Crippen molar-refractivity contribution in [2.75, 3.05) is 5.32 Å². The van der Waals surface area contributed by atoms with Crippen molar-refractivity contribution in [2.45, 2.75) is 6.54 Å². The van der Waals surface area contributed by atoms with Crippen LogP contribution >= 0.6 is 11.6 Å². The Labute approximate surface area is 153 Å². The maximum absolute atomic E-state index is 12.3. The van der Waals surface area contributed by atoms with E-state index in [1.807, 2.05) is 24.3 Å². The molecular weight excluding hydrogens is 356 g/mol. The maximum atomic E-state index is 12.3. The lowest BCUT2D eigenvalue weighted by Gasteiger charge is -2.03. The molecule has 0 radical (unpaired) electrons. The molecule has 1 N–H and O–H groups in total. The first-order chi connectivity index (χ1) is 12.7. The standard InChI is InChI=1S/C18H13ClN4O3/c19-14-5-2-1-4-12(14)10-23-11-13(9-20-23)21-18(24)15-8-17(26-22-15)16-6-3-7-25-16/h1-9,11H,10H2,(H,21,24). The summed E-state index contributed by atoms with van der Waals surface area (Å²) in [4.78, 5) is 12.3. The van der Waals surface area contributed by atoms with Gasteiger partial charge < -0.3 is 14.3 Å². The predicted octanol–water partition coefficient (Wildman–Crippen LogP) is 4.09. The van der Waals surface area contributed by atoms with Gasteiger partial charge in [-0.2, -0.15) is 5.10 Å². The molecular formula is C18H13ClN4O3. The van der Waals surface area contributed by atoms with Gasteiger partial charge >= 0.3 is 0 Å². The van der Waals surface area contributed by atoms with Gasteiger partial charge in [-0.3, -0.25) is 9.48 Å². The lowest BCUT2D eigenvalue weighted by atomic mass is 10.2. The van der Waals surface area contributed by atoms with E-state index in [4.69, 9.17) is 20.5 Å². The van der Waals surface area contributed by atoms with E-state index in [2.05, 4.69) is 15.6 Å². The molecule has 0 fully saturated rings. The van der Waals surface area contributed by atoms with Crippen molar-refractivity contribution in [3.05, 3.63) is 77.4 Å². The van der Waals surface area contributed by atoms with Gasteiger partial charge in [0.05, 0.1) is 24.7 Å². The van der Waals surface area contributed by atoms with Crippen LogP contribution in [0.15, 0.2) is 70.1 Å². The summed E-state index contributed by atoms with van der Waals surface area (Å²) in [6.07, 6.45) is 4.79. The van der Waals surface area contributed by atoms with E-state index in [1.54, 1.807) is 29.2 Å². The summed E-state index contributed by atoms with van der Waals surface area (Å²) in [5, 5.41) is 11.4. The third-order valence-corrected chi connectivity index (χ3v) is 4.06. The zero-order valence-electron chi connectivity index (χ0n) is 13.4. The highest BCUT2D eigenvalue weighted by atomic mass is 35.5. The van der Waals surface area contributed by atoms with Crippen LogP contribution < -0.4 is 5.32 Å². The van der Waals surface area contributed by atoms with Gasteiger partial charge in [0.25, 0.3) is 5.91 Å². The lowest BCUT2D eigenvalue weighted by Crippen LogP contribution is -2.11. The van der Waals surface area contributed by atoms with Gasteiger partial charge in [-0.1, -0.05) is 35.0 Å². The molecule has 3 aromatic heterocycles. The van der Waals surface area contributed by atoms with E-state index in [0.717, 1.165) is 5.56 Å². The van der Waals surface area contributed by atoms with Gasteiger partial charge in [-0.25, -0.2) is 0 Å². The molecule has 4 rings (SSSR count). The Hall–Kier alpha value is -3.32. The first-order valence-corrected chi connectivity index (χ1v) is 8.14. The number of anilines is 1. The van der Waals surface area contributed by atoms with Crippen LogP contribution in [0, 0.1) is 0 Å². The normalized spacial score (nSPS) is 10.8. The van der Waals surface area contributed by atoms with Crippen molar-refractivity contribution in [3.8, 4) is 11.5 Å². The molecule has 1 amide bonds. The molecule has 0 saturated heterocycles. The molecule has 1 aromatic carbocycles. The summed E-state index contributed by atoms with van der Waals surface area (Å²) in [7, 11) is 0. The van der Waals surface area contributed by atoms with E-state index in [1.165, 1.54) is 12.3 Å². The number of rotatable bonds is 5. The molecule has 0 unspecified atom stereocenters. The number of amides is 1. The van der Waals surface area contributed by atoms with Crippen molar-refractivity contribution in [1.82, 2.24) is 14.9 Å². The van der Waals surface area contributed by atoms with Gasteiger partial charge in [-0.15, -0.1) is 0 Å². The van der Waals surface area contributed by atoms with E-state index in [9.17, 15) is 4.79 Å². The third kappa shape index (κ3) is 3.38. The molecule has 0 aliphatic carbocycles. The SMILES string of the molecule is O=C(Nc1cnn(Cc2ccccc2Cl)c1)c1cc(-c2ccco2)on1. The summed E-state index contributed by atoms with van der Waals surface area (Å²) >= 11 is 6.15. The smallest absolute Gasteiger partial charge is 0.277 e. The number of aromatic nitrogens is 3. The summed E-state index contributed by atoms with van der Waals surface area (Å²) in [5.41, 5.74) is 1.63. The fraction of sp³-hybridized carbons (Fsp3) is 0.0556. The number of nitrogens with zero attached hydrogens (tertiary/aromatic N) is 3. The second-order valence-corrected chi connectivity index (χ2v) is 5.93. The minimum absolute atomic E-state index is 0.148. The molecule has 7 nitrogen and oxygen atoms in total. The minimum atomic E-state index is -0.399. The molecule has 0 aliphatic rings. The van der Waals surface area contributed by atoms with Crippen molar-refractivity contribution >= 4 is 23.2 Å². The maximum Gasteiger partial charge on any atom is 0.277 e. The molecule has 0 saturated carbocycles. The molecule has 4 aromatic rings. The van der Waals surface area contributed by atoms with Crippen LogP contribution in [-0.4, -0.2) is 20.8 Å². The predicted molar refractivity (Wildman–Crippen MR) is 94.9 cm³/mol. The number of hydrogen-bond donors (Lipinski definition) is 1. The number of carbonyl (C=O) groups excluding carboxylic acids is 1. The van der Waals surface area contributed by atoms with E-state index in [-0.39, 0.29) is 5.69 Å². The highest BCUT2D eigenvalue weighted by Crippen LogP contribution is 2.21. The summed E-state index contributed by atoms with van der Waals surface area (Å²) in [6, 6.07) is 12.5. The van der Waals surface area contributed by atoms with E-state index in [0.29, 0.717) is 28.8 Å². The molecule has 0 atom stereocenters. The van der Waals surface area contributed by atoms with E-state index >= 15 is 0 Å². The largest absolute Gasteiger partial charge is 0.461 e. The number of nitrogens with one attached hydrogen (secondary N) is 1. The first kappa shape index (κ1) is 16.2. The molecule has 26 heavy (non-hydrogen) atoms. The van der Waals surface area contributed by atoms with Crippen LogP contribution in [0.25, 0.3) is 11.5 Å². The summed E-state index contributed by atoms with van der Waals surface area (Å²) in [6.45, 7) is 0.502. The Bertz CT molecular complexity index is 1040.